The summed E-state index contributed by atoms with van der Waals surface area (Å²) in [7, 11) is 0. The number of rotatable bonds is 5. The Balaban J connectivity index is 1.21. The Kier molecular flexibility index (Phi) is 8.14. The van der Waals surface area contributed by atoms with Crippen molar-refractivity contribution in [2.24, 2.45) is 0 Å². The molecular weight excluding hydrogens is 638 g/mol. The molecule has 2 aliphatic rings. The fourth-order valence-electron chi connectivity index (χ4n) is 5.62. The van der Waals surface area contributed by atoms with Crippen LogP contribution in [0, 0.1) is 0 Å². The van der Waals surface area contributed by atoms with Crippen LogP contribution < -0.4 is 4.46 Å². The predicted molar refractivity (Wildman–Crippen MR) is 184 cm³/mol. The standard InChI is InChI=1S/C40H31Se2/c1-3-14-31(15-4-1)39-27-33(35-18-7-9-20-37(35)41-39)24-22-29-12-11-13-30(26-29)23-25-34-28-40(32-16-5-2-6-17-32)42-38-21-10-8-19-36(34)38/h1-10,14-28H,11-13H2/q+1. The summed E-state index contributed by atoms with van der Waals surface area (Å²) in [6.07, 6.45) is 17.7. The molecule has 0 atom stereocenters. The minimum absolute atomic E-state index is 0.316. The summed E-state index contributed by atoms with van der Waals surface area (Å²) in [5.74, 6) is 0. The molecular formula is C40H31Se2+. The number of hydrogen-bond acceptors (Lipinski definition) is 0. The van der Waals surface area contributed by atoms with Gasteiger partial charge in [-0.2, -0.15) is 0 Å². The molecule has 0 unspecified atom stereocenters. The van der Waals surface area contributed by atoms with E-state index in [0.717, 1.165) is 12.8 Å². The predicted octanol–water partition coefficient (Wildman–Crippen LogP) is 9.36. The second-order valence-corrected chi connectivity index (χ2v) is 15.2. The summed E-state index contributed by atoms with van der Waals surface area (Å²) < 4.78 is 5.83. The van der Waals surface area contributed by atoms with E-state index in [1.165, 1.54) is 68.4 Å². The molecule has 42 heavy (non-hydrogen) atoms. The number of allylic oxidation sites excluding steroid dienone is 8. The molecule has 0 radical (unpaired) electrons. The third kappa shape index (κ3) is 6.05. The summed E-state index contributed by atoms with van der Waals surface area (Å²) in [6, 6.07) is 42.0. The van der Waals surface area contributed by atoms with Crippen molar-refractivity contribution in [3.8, 4) is 10.0 Å². The van der Waals surface area contributed by atoms with Crippen LogP contribution in [-0.2, 0) is 0 Å². The van der Waals surface area contributed by atoms with Crippen molar-refractivity contribution in [1.29, 1.82) is 0 Å². The molecule has 0 spiro atoms. The van der Waals surface area contributed by atoms with E-state index in [2.05, 4.69) is 152 Å². The summed E-state index contributed by atoms with van der Waals surface area (Å²) in [6.45, 7) is 0. The Bertz CT molecular complexity index is 1900. The van der Waals surface area contributed by atoms with Gasteiger partial charge in [0.15, 0.2) is 0 Å². The zero-order valence-corrected chi connectivity index (χ0v) is 26.8. The van der Waals surface area contributed by atoms with Gasteiger partial charge in [-0.3, -0.25) is 0 Å². The van der Waals surface area contributed by atoms with E-state index in [9.17, 15) is 0 Å². The molecule has 7 rings (SSSR count). The van der Waals surface area contributed by atoms with Crippen molar-refractivity contribution in [3.05, 3.63) is 173 Å². The molecule has 0 amide bonds. The van der Waals surface area contributed by atoms with Gasteiger partial charge in [0, 0.05) is 0 Å². The SMILES string of the molecule is C1=C(/C=C/c2cc(-c3ccccc3)[se+]c3ccccc23)CCC/C1=C\C=C1/C=C(c2ccccc2)[Se]c2ccccc21. The van der Waals surface area contributed by atoms with E-state index in [0.29, 0.717) is 29.5 Å². The first-order chi connectivity index (χ1) is 20.8. The van der Waals surface area contributed by atoms with Crippen molar-refractivity contribution < 1.29 is 0 Å². The fourth-order valence-corrected chi connectivity index (χ4v) is 10.3. The number of hydrogen-bond donors (Lipinski definition) is 0. The van der Waals surface area contributed by atoms with Gasteiger partial charge in [0.2, 0.25) is 0 Å². The van der Waals surface area contributed by atoms with E-state index >= 15 is 0 Å². The molecule has 2 heteroatoms. The van der Waals surface area contributed by atoms with Gasteiger partial charge in [0.25, 0.3) is 0 Å². The van der Waals surface area contributed by atoms with E-state index in [1.807, 2.05) is 0 Å². The second kappa shape index (κ2) is 12.6. The van der Waals surface area contributed by atoms with Crippen LogP contribution in [0.4, 0.5) is 0 Å². The zero-order valence-electron chi connectivity index (χ0n) is 23.4. The molecule has 2 heterocycles. The Labute approximate surface area is 261 Å². The van der Waals surface area contributed by atoms with Crippen molar-refractivity contribution in [2.75, 3.05) is 0 Å². The molecule has 0 fully saturated rings. The normalized spacial score (nSPS) is 17.0. The third-order valence-electron chi connectivity index (χ3n) is 7.78. The van der Waals surface area contributed by atoms with E-state index in [1.54, 1.807) is 0 Å². The van der Waals surface area contributed by atoms with Crippen LogP contribution in [0.3, 0.4) is 0 Å². The van der Waals surface area contributed by atoms with E-state index in [-0.39, 0.29) is 0 Å². The second-order valence-electron chi connectivity index (χ2n) is 10.7. The van der Waals surface area contributed by atoms with Crippen LogP contribution in [0.5, 0.6) is 0 Å². The molecule has 0 saturated heterocycles. The molecule has 202 valence electrons. The Morgan fingerprint density at radius 3 is 2.24 bits per heavy atom. The molecule has 1 aliphatic carbocycles. The monoisotopic (exact) mass is 671 g/mol. The zero-order chi connectivity index (χ0) is 28.1. The Hall–Kier alpha value is -3.77. The topological polar surface area (TPSA) is 0 Å². The van der Waals surface area contributed by atoms with Gasteiger partial charge in [-0.25, -0.2) is 0 Å². The van der Waals surface area contributed by atoms with Crippen LogP contribution in [0.2, 0.25) is 0 Å². The van der Waals surface area contributed by atoms with Crippen LogP contribution in [0.1, 0.15) is 36.0 Å². The minimum atomic E-state index is 0.316. The summed E-state index contributed by atoms with van der Waals surface area (Å²) in [4.78, 5) is 0. The maximum atomic E-state index is 2.42. The van der Waals surface area contributed by atoms with Gasteiger partial charge in [-0.1, -0.05) is 0 Å². The molecule has 0 bridgehead atoms. The van der Waals surface area contributed by atoms with E-state index < -0.39 is 0 Å². The van der Waals surface area contributed by atoms with Crippen LogP contribution in [0.25, 0.3) is 35.8 Å². The number of benzene rings is 4. The number of fused-ring (bicyclic) bond motifs is 2. The van der Waals surface area contributed by atoms with Crippen molar-refractivity contribution in [2.45, 2.75) is 19.3 Å². The molecule has 1 aromatic heterocycles. The van der Waals surface area contributed by atoms with Gasteiger partial charge in [0.1, 0.15) is 0 Å². The molecule has 5 aromatic rings. The average molecular weight is 670 g/mol. The molecule has 0 saturated carbocycles. The van der Waals surface area contributed by atoms with Gasteiger partial charge in [-0.15, -0.1) is 0 Å². The van der Waals surface area contributed by atoms with Gasteiger partial charge in [-0.05, 0) is 0 Å². The third-order valence-corrected chi connectivity index (χ3v) is 12.6. The molecule has 1 aliphatic heterocycles. The molecule has 0 N–H and O–H groups in total. The van der Waals surface area contributed by atoms with Crippen LogP contribution in [-0.4, -0.2) is 29.5 Å². The van der Waals surface area contributed by atoms with Gasteiger partial charge in [0.05, 0.1) is 0 Å². The Morgan fingerprint density at radius 2 is 1.38 bits per heavy atom. The quantitative estimate of drug-likeness (QED) is 0.164. The van der Waals surface area contributed by atoms with E-state index in [4.69, 9.17) is 0 Å². The fraction of sp³-hybridized carbons (Fsp3) is 0.0750. The first-order valence-electron chi connectivity index (χ1n) is 14.6. The first kappa shape index (κ1) is 27.1. The van der Waals surface area contributed by atoms with Crippen molar-refractivity contribution in [3.63, 3.8) is 0 Å². The maximum absolute atomic E-state index is 2.42. The van der Waals surface area contributed by atoms with Crippen molar-refractivity contribution in [1.82, 2.24) is 0 Å². The summed E-state index contributed by atoms with van der Waals surface area (Å²) in [5.41, 5.74) is 9.51. The first-order valence-corrected chi connectivity index (χ1v) is 18.0. The summed E-state index contributed by atoms with van der Waals surface area (Å²) >= 11 is 0.632. The summed E-state index contributed by atoms with van der Waals surface area (Å²) in [5, 5.41) is 1.38. The van der Waals surface area contributed by atoms with Crippen LogP contribution in [0.15, 0.2) is 157 Å². The van der Waals surface area contributed by atoms with Crippen LogP contribution >= 0.6 is 0 Å². The average Bonchev–Trinajstić information content (AvgIpc) is 3.07. The molecule has 0 nitrogen and oxygen atoms in total. The Morgan fingerprint density at radius 1 is 0.643 bits per heavy atom. The molecule has 4 aromatic carbocycles. The van der Waals surface area contributed by atoms with Gasteiger partial charge >= 0.3 is 262 Å². The van der Waals surface area contributed by atoms with Gasteiger partial charge < -0.3 is 0 Å². The van der Waals surface area contributed by atoms with Crippen molar-refractivity contribution >= 4 is 59.7 Å².